The predicted molar refractivity (Wildman–Crippen MR) is 127 cm³/mol. The summed E-state index contributed by atoms with van der Waals surface area (Å²) in [6, 6.07) is 21.2. The third-order valence-corrected chi connectivity index (χ3v) is 7.92. The van der Waals surface area contributed by atoms with E-state index in [4.69, 9.17) is 14.2 Å². The lowest BCUT2D eigenvalue weighted by atomic mass is 9.78. The van der Waals surface area contributed by atoms with E-state index in [1.807, 2.05) is 23.1 Å². The Labute approximate surface area is 197 Å². The van der Waals surface area contributed by atoms with Crippen LogP contribution < -0.4 is 0 Å². The number of methoxy groups -OCH3 is 1. The van der Waals surface area contributed by atoms with Crippen molar-refractivity contribution < 1.29 is 19.0 Å². The summed E-state index contributed by atoms with van der Waals surface area (Å²) in [5.74, 6) is 0.997. The first-order chi connectivity index (χ1) is 16.2. The van der Waals surface area contributed by atoms with E-state index in [1.54, 1.807) is 0 Å². The highest BCUT2D eigenvalue weighted by molar-refractivity contribution is 5.69. The lowest BCUT2D eigenvalue weighted by Gasteiger charge is -2.36. The van der Waals surface area contributed by atoms with Gasteiger partial charge in [-0.2, -0.15) is 0 Å². The number of carbonyl (C=O) groups excluding carboxylic acids is 1. The number of likely N-dealkylation sites (tertiary alicyclic amines) is 1. The van der Waals surface area contributed by atoms with Crippen molar-refractivity contribution in [2.75, 3.05) is 13.7 Å². The Morgan fingerprint density at radius 3 is 2.21 bits per heavy atom. The van der Waals surface area contributed by atoms with Gasteiger partial charge in [-0.25, -0.2) is 4.79 Å². The van der Waals surface area contributed by atoms with Crippen molar-refractivity contribution in [2.24, 2.45) is 5.92 Å². The van der Waals surface area contributed by atoms with E-state index < -0.39 is 0 Å². The number of carbonyl (C=O) groups is 1. The number of ether oxygens (including phenoxy) is 3. The summed E-state index contributed by atoms with van der Waals surface area (Å²) >= 11 is 0. The second kappa shape index (κ2) is 10.3. The second-order valence-electron chi connectivity index (χ2n) is 9.73. The van der Waals surface area contributed by atoms with Crippen molar-refractivity contribution in [3.05, 3.63) is 71.8 Å². The zero-order valence-electron chi connectivity index (χ0n) is 19.5. The molecule has 176 valence electrons. The standard InChI is InChI=1S/C28H35NO4/c1-31-28(30)29-25-17-16-24(25)27(33-18-20-8-4-2-5-9-20)26(29)19-32-23-14-12-22(13-15-23)21-10-6-3-7-11-21/h2-11,22-27H,12-19H2,1H3/t22?,23?,24-,25+,26-,27-/m0/s1. The van der Waals surface area contributed by atoms with Crippen LogP contribution in [0.4, 0.5) is 4.79 Å². The molecule has 3 fully saturated rings. The van der Waals surface area contributed by atoms with E-state index in [0.717, 1.165) is 44.1 Å². The zero-order chi connectivity index (χ0) is 22.6. The van der Waals surface area contributed by atoms with Crippen LogP contribution in [0.2, 0.25) is 0 Å². The van der Waals surface area contributed by atoms with Gasteiger partial charge in [0.05, 0.1) is 38.6 Å². The molecule has 0 aromatic heterocycles. The van der Waals surface area contributed by atoms with Crippen LogP contribution in [0.5, 0.6) is 0 Å². The smallest absolute Gasteiger partial charge is 0.410 e. The van der Waals surface area contributed by atoms with Gasteiger partial charge in [0.15, 0.2) is 0 Å². The maximum Gasteiger partial charge on any atom is 0.410 e. The first-order valence-corrected chi connectivity index (χ1v) is 12.4. The van der Waals surface area contributed by atoms with Gasteiger partial charge in [-0.05, 0) is 55.6 Å². The monoisotopic (exact) mass is 449 g/mol. The average Bonchev–Trinajstić information content (AvgIpc) is 3.07. The maximum atomic E-state index is 12.7. The normalized spacial score (nSPS) is 31.0. The molecule has 0 spiro atoms. The molecule has 0 radical (unpaired) electrons. The molecular formula is C28H35NO4. The third kappa shape index (κ3) is 4.80. The Hall–Kier alpha value is -2.37. The van der Waals surface area contributed by atoms with Crippen molar-refractivity contribution in [2.45, 2.75) is 75.3 Å². The summed E-state index contributed by atoms with van der Waals surface area (Å²) in [7, 11) is 1.47. The summed E-state index contributed by atoms with van der Waals surface area (Å²) in [5.41, 5.74) is 2.60. The van der Waals surface area contributed by atoms with E-state index in [2.05, 4.69) is 42.5 Å². The first-order valence-electron chi connectivity index (χ1n) is 12.4. The van der Waals surface area contributed by atoms with E-state index in [-0.39, 0.29) is 30.4 Å². The van der Waals surface area contributed by atoms with E-state index in [9.17, 15) is 4.79 Å². The summed E-state index contributed by atoms with van der Waals surface area (Å²) in [6.07, 6.45) is 6.52. The second-order valence-corrected chi connectivity index (χ2v) is 9.73. The molecule has 3 aliphatic rings. The van der Waals surface area contributed by atoms with Crippen molar-refractivity contribution in [1.82, 2.24) is 4.90 Å². The summed E-state index contributed by atoms with van der Waals surface area (Å²) in [6.45, 7) is 1.07. The number of amides is 1. The van der Waals surface area contributed by atoms with Gasteiger partial charge in [-0.3, -0.25) is 4.90 Å². The molecule has 2 aliphatic carbocycles. The van der Waals surface area contributed by atoms with Crippen molar-refractivity contribution in [1.29, 1.82) is 0 Å². The SMILES string of the molecule is COC(=O)N1[C@@H]2CC[C@@H]2[C@H](OCc2ccccc2)[C@@H]1COC1CCC(c2ccccc2)CC1. The summed E-state index contributed by atoms with van der Waals surface area (Å²) in [5, 5.41) is 0. The molecule has 1 heterocycles. The molecule has 4 atom stereocenters. The molecular weight excluding hydrogens is 414 g/mol. The highest BCUT2D eigenvalue weighted by atomic mass is 16.5. The van der Waals surface area contributed by atoms with Gasteiger partial charge < -0.3 is 14.2 Å². The largest absolute Gasteiger partial charge is 0.453 e. The van der Waals surface area contributed by atoms with Crippen LogP contribution in [0.15, 0.2) is 60.7 Å². The van der Waals surface area contributed by atoms with Crippen LogP contribution in [-0.2, 0) is 20.8 Å². The molecule has 2 aromatic carbocycles. The average molecular weight is 450 g/mol. The number of fused-ring (bicyclic) bond motifs is 1. The number of nitrogens with zero attached hydrogens (tertiary/aromatic N) is 1. The molecule has 1 aliphatic heterocycles. The van der Waals surface area contributed by atoms with Crippen molar-refractivity contribution in [3.8, 4) is 0 Å². The molecule has 0 unspecified atom stereocenters. The van der Waals surface area contributed by atoms with E-state index >= 15 is 0 Å². The maximum absolute atomic E-state index is 12.7. The van der Waals surface area contributed by atoms with Gasteiger partial charge >= 0.3 is 6.09 Å². The Morgan fingerprint density at radius 2 is 1.58 bits per heavy atom. The fourth-order valence-electron chi connectivity index (χ4n) is 6.00. The Kier molecular flexibility index (Phi) is 6.98. The van der Waals surface area contributed by atoms with Crippen LogP contribution in [0.25, 0.3) is 0 Å². The predicted octanol–water partition coefficient (Wildman–Crippen LogP) is 5.54. The van der Waals surface area contributed by atoms with Crippen molar-refractivity contribution in [3.63, 3.8) is 0 Å². The summed E-state index contributed by atoms with van der Waals surface area (Å²) in [4.78, 5) is 14.6. The minimum Gasteiger partial charge on any atom is -0.453 e. The summed E-state index contributed by atoms with van der Waals surface area (Å²) < 4.78 is 18.1. The highest BCUT2D eigenvalue weighted by Crippen LogP contribution is 2.46. The molecule has 0 N–H and O–H groups in total. The molecule has 33 heavy (non-hydrogen) atoms. The van der Waals surface area contributed by atoms with Crippen LogP contribution in [0.3, 0.4) is 0 Å². The molecule has 1 saturated heterocycles. The first kappa shape index (κ1) is 22.4. The quantitative estimate of drug-likeness (QED) is 0.557. The number of benzene rings is 2. The Morgan fingerprint density at radius 1 is 0.879 bits per heavy atom. The molecule has 5 heteroatoms. The molecule has 2 saturated carbocycles. The minimum absolute atomic E-state index is 0.0105. The molecule has 0 bridgehead atoms. The van der Waals surface area contributed by atoms with Gasteiger partial charge in [0.1, 0.15) is 0 Å². The number of hydrogen-bond acceptors (Lipinski definition) is 4. The Balaban J connectivity index is 1.21. The van der Waals surface area contributed by atoms with Gasteiger partial charge in [-0.15, -0.1) is 0 Å². The van der Waals surface area contributed by atoms with Crippen LogP contribution in [0, 0.1) is 5.92 Å². The lowest BCUT2D eigenvalue weighted by Crippen LogP contribution is -2.47. The third-order valence-electron chi connectivity index (χ3n) is 7.92. The molecule has 5 rings (SSSR count). The van der Waals surface area contributed by atoms with Gasteiger partial charge in [0, 0.05) is 12.0 Å². The fraction of sp³-hybridized carbons (Fsp3) is 0.536. The van der Waals surface area contributed by atoms with Gasteiger partial charge in [0.2, 0.25) is 0 Å². The zero-order valence-corrected chi connectivity index (χ0v) is 19.5. The molecule has 1 amide bonds. The molecule has 5 nitrogen and oxygen atoms in total. The van der Waals surface area contributed by atoms with Crippen molar-refractivity contribution >= 4 is 6.09 Å². The Bertz CT molecular complexity index is 897. The lowest BCUT2D eigenvalue weighted by molar-refractivity contribution is -0.0535. The van der Waals surface area contributed by atoms with E-state index in [0.29, 0.717) is 25.0 Å². The highest BCUT2D eigenvalue weighted by Gasteiger charge is 2.56. The van der Waals surface area contributed by atoms with Crippen LogP contribution >= 0.6 is 0 Å². The van der Waals surface area contributed by atoms with Gasteiger partial charge in [0.25, 0.3) is 0 Å². The van der Waals surface area contributed by atoms with Gasteiger partial charge in [-0.1, -0.05) is 60.7 Å². The number of hydrogen-bond donors (Lipinski definition) is 0. The topological polar surface area (TPSA) is 48.0 Å². The minimum atomic E-state index is -0.253. The van der Waals surface area contributed by atoms with Crippen LogP contribution in [0.1, 0.15) is 55.6 Å². The van der Waals surface area contributed by atoms with Crippen LogP contribution in [-0.4, -0.2) is 49.0 Å². The fourth-order valence-corrected chi connectivity index (χ4v) is 6.00. The molecule has 2 aromatic rings. The number of rotatable bonds is 7. The van der Waals surface area contributed by atoms with E-state index in [1.165, 1.54) is 12.7 Å².